The molecule has 3 heterocycles. The van der Waals surface area contributed by atoms with Gasteiger partial charge < -0.3 is 10.5 Å². The van der Waals surface area contributed by atoms with E-state index >= 15 is 0 Å². The lowest BCUT2D eigenvalue weighted by Crippen LogP contribution is -2.28. The molecule has 2 N–H and O–H groups in total. The van der Waals surface area contributed by atoms with Gasteiger partial charge in [-0.2, -0.15) is 13.5 Å². The summed E-state index contributed by atoms with van der Waals surface area (Å²) in [5.41, 5.74) is -0.544. The van der Waals surface area contributed by atoms with Crippen LogP contribution in [0.25, 0.3) is 0 Å². The molecule has 31 heavy (non-hydrogen) atoms. The van der Waals surface area contributed by atoms with Gasteiger partial charge in [-0.3, -0.25) is 14.8 Å². The Morgan fingerprint density at radius 2 is 2.00 bits per heavy atom. The highest BCUT2D eigenvalue weighted by atomic mass is 35.5. The third-order valence-corrected chi connectivity index (χ3v) is 4.62. The van der Waals surface area contributed by atoms with Crippen molar-refractivity contribution < 1.29 is 23.2 Å². The van der Waals surface area contributed by atoms with Crippen LogP contribution in [-0.4, -0.2) is 32.4 Å². The van der Waals surface area contributed by atoms with Gasteiger partial charge in [-0.25, -0.2) is 9.37 Å². The zero-order valence-corrected chi connectivity index (χ0v) is 16.9. The first-order chi connectivity index (χ1) is 14.7. The molecule has 11 heteroatoms. The molecule has 0 atom stereocenters. The number of carbonyl (C=O) groups is 1. The van der Waals surface area contributed by atoms with E-state index in [1.165, 1.54) is 55.7 Å². The summed E-state index contributed by atoms with van der Waals surface area (Å²) in [6.07, 6.45) is 2.08. The Morgan fingerprint density at radius 3 is 2.71 bits per heavy atom. The van der Waals surface area contributed by atoms with Crippen LogP contribution in [-0.2, 0) is 17.1 Å². The average molecular weight is 452 g/mol. The number of carbonyl (C=O) groups excluding carboxylic acids is 1. The molecule has 3 rings (SSSR count). The molecule has 0 aromatic carbocycles. The van der Waals surface area contributed by atoms with E-state index in [1.807, 2.05) is 0 Å². The second kappa shape index (κ2) is 9.17. The van der Waals surface area contributed by atoms with E-state index < -0.39 is 36.3 Å². The summed E-state index contributed by atoms with van der Waals surface area (Å²) >= 11 is 6.04. The molecule has 0 saturated carbocycles. The molecule has 0 aliphatic rings. The lowest BCUT2D eigenvalue weighted by atomic mass is 10.2. The topological polar surface area (TPSA) is 92.4 Å². The van der Waals surface area contributed by atoms with Crippen LogP contribution in [0.15, 0.2) is 53.8 Å². The van der Waals surface area contributed by atoms with Crippen LogP contribution in [0.5, 0.6) is 0 Å². The first-order valence-electron chi connectivity index (χ1n) is 8.99. The predicted octanol–water partition coefficient (Wildman–Crippen LogP) is 3.49. The lowest BCUT2D eigenvalue weighted by Gasteiger charge is -2.14. The summed E-state index contributed by atoms with van der Waals surface area (Å²) in [6.45, 7) is 0.521. The van der Waals surface area contributed by atoms with E-state index in [-0.39, 0.29) is 27.6 Å². The van der Waals surface area contributed by atoms with Crippen molar-refractivity contribution in [2.45, 2.75) is 19.3 Å². The first-order valence-corrected chi connectivity index (χ1v) is 9.37. The number of anilines is 1. The summed E-state index contributed by atoms with van der Waals surface area (Å²) < 4.78 is 43.1. The van der Waals surface area contributed by atoms with Gasteiger partial charge in [-0.15, -0.1) is 0 Å². The highest BCUT2D eigenvalue weighted by molar-refractivity contribution is 6.31. The standard InChI is InChI=1S/C20H17ClF3N5O2/c1-12-7-9-26-19(18(12)22)28-17(30)10-14-13(21)5-6-16(29(14)31)27-11-20(23,24)15-4-2-3-8-25-15/h2-9,31H,10-11H2,1H3,(H,26,28,30). The van der Waals surface area contributed by atoms with Crippen molar-refractivity contribution in [2.24, 2.45) is 4.99 Å². The smallest absolute Gasteiger partial charge is 0.308 e. The molecule has 0 bridgehead atoms. The van der Waals surface area contributed by atoms with E-state index in [4.69, 9.17) is 11.6 Å². The molecule has 3 aromatic rings. The molecule has 0 radical (unpaired) electrons. The van der Waals surface area contributed by atoms with Crippen LogP contribution in [0.2, 0.25) is 5.02 Å². The molecule has 0 fully saturated rings. The third kappa shape index (κ3) is 5.21. The fourth-order valence-corrected chi connectivity index (χ4v) is 2.84. The number of nitrogens with zero attached hydrogens (tertiary/aromatic N) is 4. The summed E-state index contributed by atoms with van der Waals surface area (Å²) in [6, 6.07) is 8.06. The fourth-order valence-electron chi connectivity index (χ4n) is 2.63. The van der Waals surface area contributed by atoms with Gasteiger partial charge in [0.1, 0.15) is 12.2 Å². The Labute approximate surface area is 179 Å². The van der Waals surface area contributed by atoms with Gasteiger partial charge in [0.25, 0.3) is 0 Å². The Kier molecular flexibility index (Phi) is 6.59. The maximum Gasteiger partial charge on any atom is 0.308 e. The van der Waals surface area contributed by atoms with E-state index in [9.17, 15) is 23.2 Å². The number of alkyl halides is 2. The van der Waals surface area contributed by atoms with Crippen molar-refractivity contribution in [3.8, 4) is 0 Å². The number of pyridine rings is 3. The normalized spacial score (nSPS) is 12.1. The fraction of sp³-hybridized carbons (Fsp3) is 0.200. The summed E-state index contributed by atoms with van der Waals surface area (Å²) in [4.78, 5) is 23.4. The zero-order chi connectivity index (χ0) is 22.6. The number of nitrogens with one attached hydrogen (secondary N) is 1. The summed E-state index contributed by atoms with van der Waals surface area (Å²) in [5.74, 6) is -5.07. The highest BCUT2D eigenvalue weighted by Gasteiger charge is 2.32. The van der Waals surface area contributed by atoms with Crippen molar-refractivity contribution >= 4 is 23.3 Å². The highest BCUT2D eigenvalue weighted by Crippen LogP contribution is 2.26. The Hall–Kier alpha value is -3.40. The largest absolute Gasteiger partial charge is 0.427 e. The van der Waals surface area contributed by atoms with Crippen LogP contribution in [0, 0.1) is 12.7 Å². The van der Waals surface area contributed by atoms with Crippen molar-refractivity contribution in [1.29, 1.82) is 0 Å². The van der Waals surface area contributed by atoms with Crippen LogP contribution < -0.4 is 10.8 Å². The van der Waals surface area contributed by atoms with E-state index in [0.717, 1.165) is 0 Å². The molecular formula is C20H17ClF3N5O2. The molecule has 0 spiro atoms. The van der Waals surface area contributed by atoms with Crippen molar-refractivity contribution in [1.82, 2.24) is 14.7 Å². The number of amides is 1. The van der Waals surface area contributed by atoms with Gasteiger partial charge in [0, 0.05) is 12.4 Å². The maximum absolute atomic E-state index is 14.3. The molecule has 1 amide bonds. The van der Waals surface area contributed by atoms with Crippen LogP contribution in [0.4, 0.5) is 19.0 Å². The second-order valence-corrected chi connectivity index (χ2v) is 6.96. The maximum atomic E-state index is 14.3. The third-order valence-electron chi connectivity index (χ3n) is 4.27. The number of hydrogen-bond acceptors (Lipinski definition) is 5. The van der Waals surface area contributed by atoms with Crippen molar-refractivity contribution in [3.63, 3.8) is 0 Å². The van der Waals surface area contributed by atoms with Crippen LogP contribution in [0.1, 0.15) is 17.0 Å². The summed E-state index contributed by atoms with van der Waals surface area (Å²) in [7, 11) is 0. The number of aryl methyl sites for hydroxylation is 1. The van der Waals surface area contributed by atoms with Crippen LogP contribution in [0.3, 0.4) is 0 Å². The molecule has 0 saturated heterocycles. The SMILES string of the molecule is Cc1ccnc(NC(=O)Cc2c(Cl)ccc(=NCC(F)(F)c3ccccn3)n2O)c1F. The molecular weight excluding hydrogens is 435 g/mol. The van der Waals surface area contributed by atoms with E-state index in [2.05, 4.69) is 20.3 Å². The van der Waals surface area contributed by atoms with Gasteiger partial charge in [-0.1, -0.05) is 17.7 Å². The first kappa shape index (κ1) is 22.3. The molecule has 0 aliphatic carbocycles. The number of aromatic nitrogens is 3. The molecule has 162 valence electrons. The minimum atomic E-state index is -3.38. The van der Waals surface area contributed by atoms with E-state index in [1.54, 1.807) is 0 Å². The predicted molar refractivity (Wildman–Crippen MR) is 106 cm³/mol. The minimum Gasteiger partial charge on any atom is -0.427 e. The average Bonchev–Trinajstić information content (AvgIpc) is 2.74. The van der Waals surface area contributed by atoms with Gasteiger partial charge in [0.2, 0.25) is 5.91 Å². The molecule has 0 aliphatic heterocycles. The lowest BCUT2D eigenvalue weighted by molar-refractivity contribution is -0.115. The van der Waals surface area contributed by atoms with Gasteiger partial charge in [0.05, 0.1) is 17.1 Å². The Balaban J connectivity index is 1.83. The molecule has 0 unspecified atom stereocenters. The monoisotopic (exact) mass is 451 g/mol. The molecule has 3 aromatic heterocycles. The quantitative estimate of drug-likeness (QED) is 0.561. The molecule has 7 nitrogen and oxygen atoms in total. The van der Waals surface area contributed by atoms with E-state index in [0.29, 0.717) is 4.73 Å². The van der Waals surface area contributed by atoms with Crippen LogP contribution >= 0.6 is 11.6 Å². The number of rotatable bonds is 6. The van der Waals surface area contributed by atoms with Crippen molar-refractivity contribution in [2.75, 3.05) is 11.9 Å². The Bertz CT molecular complexity index is 1170. The van der Waals surface area contributed by atoms with Crippen molar-refractivity contribution in [3.05, 3.63) is 82.1 Å². The minimum absolute atomic E-state index is 0.00856. The van der Waals surface area contributed by atoms with Gasteiger partial charge >= 0.3 is 5.92 Å². The van der Waals surface area contributed by atoms with Gasteiger partial charge in [0.15, 0.2) is 17.1 Å². The Morgan fingerprint density at radius 1 is 1.23 bits per heavy atom. The second-order valence-electron chi connectivity index (χ2n) is 6.55. The number of hydrogen-bond donors (Lipinski definition) is 2. The zero-order valence-electron chi connectivity index (χ0n) is 16.2. The number of halogens is 4. The van der Waals surface area contributed by atoms with Gasteiger partial charge in [-0.05, 0) is 42.8 Å². The summed E-state index contributed by atoms with van der Waals surface area (Å²) in [5, 5.41) is 12.6.